The number of benzene rings is 1. The number of nitrogens with zero attached hydrogens (tertiary/aromatic N) is 6. The molecule has 0 saturated carbocycles. The van der Waals surface area contributed by atoms with Crippen molar-refractivity contribution in [1.29, 1.82) is 0 Å². The van der Waals surface area contributed by atoms with E-state index in [-0.39, 0.29) is 6.23 Å². The van der Waals surface area contributed by atoms with Crippen molar-refractivity contribution in [3.8, 4) is 11.3 Å². The molecule has 1 fully saturated rings. The first kappa shape index (κ1) is 21.2. The second-order valence-electron chi connectivity index (χ2n) is 7.83. The number of nitrogens with one attached hydrogen (secondary N) is 1. The van der Waals surface area contributed by atoms with Crippen molar-refractivity contribution in [1.82, 2.24) is 24.3 Å². The fourth-order valence-electron chi connectivity index (χ4n) is 4.08. The van der Waals surface area contributed by atoms with E-state index in [0.29, 0.717) is 16.4 Å². The van der Waals surface area contributed by atoms with Crippen LogP contribution >= 0.6 is 23.4 Å². The predicted molar refractivity (Wildman–Crippen MR) is 126 cm³/mol. The van der Waals surface area contributed by atoms with Crippen LogP contribution in [-0.4, -0.2) is 37.2 Å². The fraction of sp³-hybridized carbons (Fsp3) is 0.364. The van der Waals surface area contributed by atoms with E-state index in [0.717, 1.165) is 53.5 Å². The molecular weight excluding hydrogens is 446 g/mol. The number of thioether (sulfide) groups is 1. The summed E-state index contributed by atoms with van der Waals surface area (Å²) < 4.78 is 11.7. The van der Waals surface area contributed by atoms with Gasteiger partial charge in [-0.05, 0) is 48.7 Å². The van der Waals surface area contributed by atoms with Crippen molar-refractivity contribution in [2.24, 2.45) is 7.05 Å². The van der Waals surface area contributed by atoms with E-state index in [1.165, 1.54) is 0 Å². The van der Waals surface area contributed by atoms with E-state index in [9.17, 15) is 0 Å². The minimum Gasteiger partial charge on any atom is -0.358 e. The van der Waals surface area contributed by atoms with Crippen LogP contribution in [0.25, 0.3) is 22.6 Å². The molecule has 4 aromatic rings. The van der Waals surface area contributed by atoms with E-state index in [2.05, 4.69) is 44.5 Å². The number of halogens is 1. The SMILES string of the molecule is CSc1cc(-c2ccn(C)n2)ccc1N[n+]1cc(Cl)nc2c1nc(C)n2C1CCCCO1. The minimum absolute atomic E-state index is 0.0624. The fourth-order valence-corrected chi connectivity index (χ4v) is 4.84. The Labute approximate surface area is 195 Å². The molecule has 3 aromatic heterocycles. The van der Waals surface area contributed by atoms with E-state index >= 15 is 0 Å². The van der Waals surface area contributed by atoms with Gasteiger partial charge in [0.2, 0.25) is 11.5 Å². The molecule has 0 bridgehead atoms. The van der Waals surface area contributed by atoms with E-state index < -0.39 is 0 Å². The maximum atomic E-state index is 6.42. The third kappa shape index (κ3) is 3.96. The van der Waals surface area contributed by atoms with Crippen molar-refractivity contribution >= 4 is 40.3 Å². The molecule has 1 saturated heterocycles. The lowest BCUT2D eigenvalue weighted by atomic mass is 10.1. The molecule has 8 nitrogen and oxygen atoms in total. The van der Waals surface area contributed by atoms with Gasteiger partial charge in [-0.3, -0.25) is 9.25 Å². The van der Waals surface area contributed by atoms with Crippen LogP contribution in [0.2, 0.25) is 5.15 Å². The van der Waals surface area contributed by atoms with Gasteiger partial charge >= 0.3 is 5.65 Å². The highest BCUT2D eigenvalue weighted by Crippen LogP contribution is 2.31. The van der Waals surface area contributed by atoms with Crippen molar-refractivity contribution in [2.45, 2.75) is 37.3 Å². The Kier molecular flexibility index (Phi) is 5.79. The second kappa shape index (κ2) is 8.73. The van der Waals surface area contributed by atoms with Gasteiger partial charge in [-0.1, -0.05) is 17.7 Å². The summed E-state index contributed by atoms with van der Waals surface area (Å²) in [5, 5.41) is 4.90. The molecule has 1 aromatic carbocycles. The molecule has 1 N–H and O–H groups in total. The first-order valence-electron chi connectivity index (χ1n) is 10.6. The molecule has 1 aliphatic rings. The van der Waals surface area contributed by atoms with E-state index in [1.54, 1.807) is 22.6 Å². The highest BCUT2D eigenvalue weighted by molar-refractivity contribution is 7.98. The lowest BCUT2D eigenvalue weighted by Crippen LogP contribution is -2.43. The Bertz CT molecular complexity index is 1280. The number of ether oxygens (including phenoxy) is 1. The molecule has 4 heterocycles. The van der Waals surface area contributed by atoms with Gasteiger partial charge in [0.25, 0.3) is 0 Å². The Hall–Kier alpha value is -2.62. The Morgan fingerprint density at radius 3 is 2.84 bits per heavy atom. The maximum absolute atomic E-state index is 6.42. The van der Waals surface area contributed by atoms with Crippen LogP contribution in [0.4, 0.5) is 5.69 Å². The molecule has 166 valence electrons. The summed E-state index contributed by atoms with van der Waals surface area (Å²) in [7, 11) is 1.92. The standard InChI is InChI=1S/C22H25ClN7OS/c1-14-24-21-22(30(14)20-6-4-5-11-31-20)25-19(23)13-29(21)27-17-8-7-15(12-18(17)32-3)16-9-10-28(2)26-16/h7-10,12-13,20H,4-6,11H2,1-3H3,(H,25,27)/q+1. The van der Waals surface area contributed by atoms with E-state index in [4.69, 9.17) is 21.3 Å². The summed E-state index contributed by atoms with van der Waals surface area (Å²) >= 11 is 8.09. The van der Waals surface area contributed by atoms with Gasteiger partial charge < -0.3 is 4.74 Å². The summed E-state index contributed by atoms with van der Waals surface area (Å²) in [6.45, 7) is 2.73. The number of anilines is 1. The number of imidazole rings is 1. The van der Waals surface area contributed by atoms with Gasteiger partial charge in [0.05, 0.1) is 11.4 Å². The molecule has 1 aliphatic heterocycles. The molecule has 0 radical (unpaired) electrons. The number of aromatic nitrogens is 6. The van der Waals surface area contributed by atoms with Gasteiger partial charge in [0, 0.05) is 37.2 Å². The topological polar surface area (TPSA) is 73.7 Å². The summed E-state index contributed by atoms with van der Waals surface area (Å²) in [4.78, 5) is 10.5. The largest absolute Gasteiger partial charge is 0.392 e. The normalized spacial score (nSPS) is 16.6. The number of rotatable bonds is 5. The lowest BCUT2D eigenvalue weighted by molar-refractivity contribution is -0.618. The second-order valence-corrected chi connectivity index (χ2v) is 9.07. The maximum Gasteiger partial charge on any atom is 0.392 e. The first-order valence-corrected chi connectivity index (χ1v) is 12.2. The zero-order chi connectivity index (χ0) is 22.2. The monoisotopic (exact) mass is 470 g/mol. The quantitative estimate of drug-likeness (QED) is 0.344. The molecular formula is C22H25ClN7OS+. The molecule has 0 aliphatic carbocycles. The van der Waals surface area contributed by atoms with Crippen molar-refractivity contribution < 1.29 is 9.41 Å². The van der Waals surface area contributed by atoms with Crippen molar-refractivity contribution in [3.63, 3.8) is 0 Å². The number of aryl methyl sites for hydroxylation is 2. The smallest absolute Gasteiger partial charge is 0.358 e. The van der Waals surface area contributed by atoms with Crippen LogP contribution in [0, 0.1) is 6.92 Å². The van der Waals surface area contributed by atoms with Crippen LogP contribution in [-0.2, 0) is 11.8 Å². The predicted octanol–water partition coefficient (Wildman–Crippen LogP) is 4.38. The Balaban J connectivity index is 1.54. The third-order valence-electron chi connectivity index (χ3n) is 5.62. The number of hydrogen-bond donors (Lipinski definition) is 1. The highest BCUT2D eigenvalue weighted by atomic mass is 35.5. The number of hydrogen-bond acceptors (Lipinski definition) is 6. The van der Waals surface area contributed by atoms with E-state index in [1.807, 2.05) is 30.9 Å². The molecule has 5 rings (SSSR count). The van der Waals surface area contributed by atoms with Crippen LogP contribution in [0.1, 0.15) is 31.3 Å². The van der Waals surface area contributed by atoms with Crippen LogP contribution in [0.3, 0.4) is 0 Å². The first-order chi connectivity index (χ1) is 15.5. The van der Waals surface area contributed by atoms with Crippen LogP contribution < -0.4 is 10.1 Å². The summed E-state index contributed by atoms with van der Waals surface area (Å²) in [5.74, 6) is 0.854. The van der Waals surface area contributed by atoms with Crippen LogP contribution in [0.5, 0.6) is 0 Å². The third-order valence-corrected chi connectivity index (χ3v) is 6.58. The molecule has 0 spiro atoms. The average molecular weight is 471 g/mol. The average Bonchev–Trinajstić information content (AvgIpc) is 3.37. The van der Waals surface area contributed by atoms with Gasteiger partial charge in [-0.2, -0.15) is 5.10 Å². The highest BCUT2D eigenvalue weighted by Gasteiger charge is 2.28. The minimum atomic E-state index is -0.0624. The molecule has 0 amide bonds. The van der Waals surface area contributed by atoms with Crippen LogP contribution in [0.15, 0.2) is 41.6 Å². The molecule has 1 atom stereocenters. The summed E-state index contributed by atoms with van der Waals surface area (Å²) in [6.07, 6.45) is 8.85. The van der Waals surface area contributed by atoms with Crippen molar-refractivity contribution in [3.05, 3.63) is 47.6 Å². The lowest BCUT2D eigenvalue weighted by Gasteiger charge is -2.23. The number of fused-ring (bicyclic) bond motifs is 1. The van der Waals surface area contributed by atoms with Gasteiger partial charge in [0.15, 0.2) is 11.3 Å². The van der Waals surface area contributed by atoms with Gasteiger partial charge in [-0.15, -0.1) is 16.4 Å². The molecule has 32 heavy (non-hydrogen) atoms. The molecule has 10 heteroatoms. The van der Waals surface area contributed by atoms with Gasteiger partial charge in [0.1, 0.15) is 6.23 Å². The molecule has 1 unspecified atom stereocenters. The Morgan fingerprint density at radius 1 is 1.25 bits per heavy atom. The zero-order valence-corrected chi connectivity index (χ0v) is 19.8. The Morgan fingerprint density at radius 2 is 2.12 bits per heavy atom. The summed E-state index contributed by atoms with van der Waals surface area (Å²) in [5.41, 5.74) is 7.85. The zero-order valence-electron chi connectivity index (χ0n) is 18.2. The van der Waals surface area contributed by atoms with Crippen molar-refractivity contribution in [2.75, 3.05) is 18.3 Å². The summed E-state index contributed by atoms with van der Waals surface area (Å²) in [6, 6.07) is 8.26. The van der Waals surface area contributed by atoms with Gasteiger partial charge in [-0.25, -0.2) is 10.4 Å².